The lowest BCUT2D eigenvalue weighted by atomic mass is 10.2. The van der Waals surface area contributed by atoms with Crippen molar-refractivity contribution in [1.29, 1.82) is 0 Å². The maximum Gasteiger partial charge on any atom is 0.307 e. The molecule has 0 spiro atoms. The maximum atomic E-state index is 11.5. The largest absolute Gasteiger partial charge is 0.497 e. The molecule has 0 fully saturated rings. The predicted octanol–water partition coefficient (Wildman–Crippen LogP) is 2.91. The number of fused-ring (bicyclic) bond motifs is 1. The number of ether oxygens (including phenoxy) is 2. The van der Waals surface area contributed by atoms with Crippen molar-refractivity contribution in [3.8, 4) is 5.75 Å². The molecule has 1 unspecified atom stereocenters. The van der Waals surface area contributed by atoms with Crippen LogP contribution in [0.4, 0.5) is 0 Å². The Bertz CT molecular complexity index is 654. The van der Waals surface area contributed by atoms with Crippen LogP contribution in [0.2, 0.25) is 0 Å². The highest BCUT2D eigenvalue weighted by Gasteiger charge is 2.20. The first kappa shape index (κ1) is 17.3. The molecule has 126 valence electrons. The number of carbonyl (C=O) groups is 1. The summed E-state index contributed by atoms with van der Waals surface area (Å²) in [4.78, 5) is 21.7. The monoisotopic (exact) mass is 319 g/mol. The second-order valence-corrected chi connectivity index (χ2v) is 5.46. The second-order valence-electron chi connectivity index (χ2n) is 5.46. The molecule has 6 heteroatoms. The number of benzene rings is 1. The predicted molar refractivity (Wildman–Crippen MR) is 89.6 cm³/mol. The van der Waals surface area contributed by atoms with E-state index in [9.17, 15) is 4.79 Å². The van der Waals surface area contributed by atoms with Crippen molar-refractivity contribution >= 4 is 17.0 Å². The maximum absolute atomic E-state index is 11.5. The average molecular weight is 319 g/mol. The smallest absolute Gasteiger partial charge is 0.307 e. The minimum absolute atomic E-state index is 0.128. The summed E-state index contributed by atoms with van der Waals surface area (Å²) >= 11 is 0. The van der Waals surface area contributed by atoms with Gasteiger partial charge in [0.2, 0.25) is 0 Å². The molecule has 0 saturated carbocycles. The summed E-state index contributed by atoms with van der Waals surface area (Å²) in [5.74, 6) is 1.54. The minimum atomic E-state index is -0.163. The first-order valence-corrected chi connectivity index (χ1v) is 7.98. The first-order valence-electron chi connectivity index (χ1n) is 7.98. The lowest BCUT2D eigenvalue weighted by molar-refractivity contribution is -0.143. The molecule has 0 aliphatic carbocycles. The van der Waals surface area contributed by atoms with E-state index in [1.807, 2.05) is 32.2 Å². The molecular weight excluding hydrogens is 294 g/mol. The summed E-state index contributed by atoms with van der Waals surface area (Å²) in [6.07, 6.45) is 1.28. The van der Waals surface area contributed by atoms with Crippen LogP contribution in [0, 0.1) is 0 Å². The van der Waals surface area contributed by atoms with Crippen LogP contribution >= 0.6 is 0 Å². The standard InChI is InChI=1S/C17H25N3O3/c1-5-15(20(3)10-9-16(21)23-6-2)17-18-13-8-7-12(22-4)11-14(13)19-17/h7-8,11,15H,5-6,9-10H2,1-4H3,(H,18,19). The molecule has 0 radical (unpaired) electrons. The molecule has 1 heterocycles. The number of H-pyrrole nitrogens is 1. The van der Waals surface area contributed by atoms with Crippen LogP contribution in [0.3, 0.4) is 0 Å². The van der Waals surface area contributed by atoms with Crippen LogP contribution in [-0.2, 0) is 9.53 Å². The van der Waals surface area contributed by atoms with Gasteiger partial charge in [0.1, 0.15) is 11.6 Å². The fourth-order valence-corrected chi connectivity index (χ4v) is 2.66. The number of aromatic amines is 1. The number of nitrogens with one attached hydrogen (secondary N) is 1. The summed E-state index contributed by atoms with van der Waals surface area (Å²) in [6, 6.07) is 5.91. The lowest BCUT2D eigenvalue weighted by Crippen LogP contribution is -2.28. The van der Waals surface area contributed by atoms with Gasteiger partial charge in [0, 0.05) is 12.6 Å². The summed E-state index contributed by atoms with van der Waals surface area (Å²) in [5, 5.41) is 0. The summed E-state index contributed by atoms with van der Waals surface area (Å²) < 4.78 is 10.2. The average Bonchev–Trinajstić information content (AvgIpc) is 2.96. The Morgan fingerprint density at radius 1 is 1.39 bits per heavy atom. The Morgan fingerprint density at radius 2 is 2.17 bits per heavy atom. The molecule has 1 N–H and O–H groups in total. The lowest BCUT2D eigenvalue weighted by Gasteiger charge is -2.25. The molecule has 0 amide bonds. The third-order valence-corrected chi connectivity index (χ3v) is 3.92. The van der Waals surface area contributed by atoms with Gasteiger partial charge >= 0.3 is 5.97 Å². The zero-order valence-corrected chi connectivity index (χ0v) is 14.3. The Kier molecular flexibility index (Phi) is 5.98. The van der Waals surface area contributed by atoms with Gasteiger partial charge in [-0.1, -0.05) is 6.92 Å². The molecular formula is C17H25N3O3. The number of rotatable bonds is 8. The summed E-state index contributed by atoms with van der Waals surface area (Å²) in [5.41, 5.74) is 1.87. The van der Waals surface area contributed by atoms with Gasteiger partial charge in [-0.3, -0.25) is 9.69 Å². The first-order chi connectivity index (χ1) is 11.1. The normalized spacial score (nSPS) is 12.6. The van der Waals surface area contributed by atoms with Crippen molar-refractivity contribution in [2.24, 2.45) is 0 Å². The van der Waals surface area contributed by atoms with Crippen molar-refractivity contribution in [2.75, 3.05) is 27.3 Å². The molecule has 0 bridgehead atoms. The summed E-state index contributed by atoms with van der Waals surface area (Å²) in [7, 11) is 3.65. The topological polar surface area (TPSA) is 67.4 Å². The van der Waals surface area contributed by atoms with Crippen molar-refractivity contribution in [3.63, 3.8) is 0 Å². The number of hydrogen-bond donors (Lipinski definition) is 1. The molecule has 0 saturated heterocycles. The van der Waals surface area contributed by atoms with Gasteiger partial charge in [-0.2, -0.15) is 0 Å². The zero-order chi connectivity index (χ0) is 16.8. The van der Waals surface area contributed by atoms with Gasteiger partial charge in [0.25, 0.3) is 0 Å². The molecule has 1 atom stereocenters. The molecule has 6 nitrogen and oxygen atoms in total. The number of imidazole rings is 1. The van der Waals surface area contributed by atoms with E-state index in [1.54, 1.807) is 7.11 Å². The molecule has 2 aromatic rings. The molecule has 0 aliphatic rings. The Morgan fingerprint density at radius 3 is 2.83 bits per heavy atom. The number of carbonyl (C=O) groups excluding carboxylic acids is 1. The zero-order valence-electron chi connectivity index (χ0n) is 14.3. The molecule has 0 aliphatic heterocycles. The molecule has 1 aromatic heterocycles. The van der Waals surface area contributed by atoms with Crippen LogP contribution < -0.4 is 4.74 Å². The minimum Gasteiger partial charge on any atom is -0.497 e. The second kappa shape index (κ2) is 7.97. The Balaban J connectivity index is 2.11. The summed E-state index contributed by atoms with van der Waals surface area (Å²) in [6.45, 7) is 4.99. The number of aromatic nitrogens is 2. The van der Waals surface area contributed by atoms with Crippen LogP contribution in [0.25, 0.3) is 11.0 Å². The van der Waals surface area contributed by atoms with Gasteiger partial charge < -0.3 is 14.5 Å². The van der Waals surface area contributed by atoms with Crippen molar-refractivity contribution in [1.82, 2.24) is 14.9 Å². The van der Waals surface area contributed by atoms with Crippen molar-refractivity contribution in [3.05, 3.63) is 24.0 Å². The SMILES string of the molecule is CCOC(=O)CCN(C)C(CC)c1nc2ccc(OC)cc2[nH]1. The van der Waals surface area contributed by atoms with E-state index in [0.29, 0.717) is 19.6 Å². The Hall–Kier alpha value is -2.08. The highest BCUT2D eigenvalue weighted by Crippen LogP contribution is 2.25. The number of esters is 1. The number of nitrogens with zero attached hydrogens (tertiary/aromatic N) is 2. The highest BCUT2D eigenvalue weighted by atomic mass is 16.5. The van der Waals surface area contributed by atoms with E-state index >= 15 is 0 Å². The van der Waals surface area contributed by atoms with Crippen LogP contribution in [0.1, 0.15) is 38.6 Å². The van der Waals surface area contributed by atoms with E-state index in [2.05, 4.69) is 21.8 Å². The van der Waals surface area contributed by atoms with Gasteiger partial charge in [-0.25, -0.2) is 4.98 Å². The third-order valence-electron chi connectivity index (χ3n) is 3.92. The van der Waals surface area contributed by atoms with Gasteiger partial charge in [-0.05, 0) is 32.5 Å². The Labute approximate surface area is 136 Å². The van der Waals surface area contributed by atoms with E-state index in [-0.39, 0.29) is 12.0 Å². The van der Waals surface area contributed by atoms with E-state index in [4.69, 9.17) is 9.47 Å². The van der Waals surface area contributed by atoms with Crippen LogP contribution in [0.5, 0.6) is 5.75 Å². The fourth-order valence-electron chi connectivity index (χ4n) is 2.66. The quantitative estimate of drug-likeness (QED) is 0.758. The molecule has 1 aromatic carbocycles. The molecule has 2 rings (SSSR count). The molecule has 23 heavy (non-hydrogen) atoms. The van der Waals surface area contributed by atoms with Gasteiger partial charge in [-0.15, -0.1) is 0 Å². The van der Waals surface area contributed by atoms with Crippen LogP contribution in [0.15, 0.2) is 18.2 Å². The van der Waals surface area contributed by atoms with E-state index in [1.165, 1.54) is 0 Å². The highest BCUT2D eigenvalue weighted by molar-refractivity contribution is 5.76. The van der Waals surface area contributed by atoms with Crippen molar-refractivity contribution in [2.45, 2.75) is 32.7 Å². The third kappa shape index (κ3) is 4.22. The van der Waals surface area contributed by atoms with E-state index < -0.39 is 0 Å². The number of methoxy groups -OCH3 is 1. The fraction of sp³-hybridized carbons (Fsp3) is 0.529. The van der Waals surface area contributed by atoms with E-state index in [0.717, 1.165) is 29.0 Å². The van der Waals surface area contributed by atoms with Crippen LogP contribution in [-0.4, -0.2) is 48.1 Å². The number of hydrogen-bond acceptors (Lipinski definition) is 5. The van der Waals surface area contributed by atoms with Gasteiger partial charge in [0.05, 0.1) is 37.2 Å². The van der Waals surface area contributed by atoms with Gasteiger partial charge in [0.15, 0.2) is 0 Å². The van der Waals surface area contributed by atoms with Crippen molar-refractivity contribution < 1.29 is 14.3 Å².